The van der Waals surface area contributed by atoms with Crippen molar-refractivity contribution in [3.05, 3.63) is 29.3 Å². The molecule has 0 bridgehead atoms. The summed E-state index contributed by atoms with van der Waals surface area (Å²) in [6.07, 6.45) is 5.23. The molecule has 288 valence electrons. The van der Waals surface area contributed by atoms with E-state index >= 15 is 0 Å². The van der Waals surface area contributed by atoms with Crippen LogP contribution >= 0.6 is 0 Å². The zero-order chi connectivity index (χ0) is 36.8. The van der Waals surface area contributed by atoms with Gasteiger partial charge in [-0.25, -0.2) is 0 Å². The fraction of sp³-hybridized carbons (Fsp3) is 0.795. The van der Waals surface area contributed by atoms with E-state index in [9.17, 15) is 36.1 Å². The monoisotopic (exact) mass is 744 g/mol. The second kappa shape index (κ2) is 17.6. The van der Waals surface area contributed by atoms with Crippen molar-refractivity contribution in [3.63, 3.8) is 0 Å². The van der Waals surface area contributed by atoms with Crippen LogP contribution < -0.4 is 4.74 Å². The van der Waals surface area contributed by atoms with Gasteiger partial charge >= 0.3 is 18.1 Å². The van der Waals surface area contributed by atoms with Crippen LogP contribution in [0.25, 0.3) is 0 Å². The van der Waals surface area contributed by atoms with Crippen molar-refractivity contribution in [1.82, 2.24) is 9.80 Å². The molecular formula is C39H57F5N2O4S. The number of carbonyl (C=O) groups is 2. The van der Waals surface area contributed by atoms with Gasteiger partial charge in [-0.1, -0.05) is 56.3 Å². The quantitative estimate of drug-likeness (QED) is 0.0526. The number of ketones is 1. The predicted octanol–water partition coefficient (Wildman–Crippen LogP) is 8.34. The zero-order valence-corrected chi connectivity index (χ0v) is 31.2. The average Bonchev–Trinajstić information content (AvgIpc) is 3.37. The van der Waals surface area contributed by atoms with Crippen molar-refractivity contribution in [1.29, 1.82) is 0 Å². The molecule has 1 aliphatic heterocycles. The lowest BCUT2D eigenvalue weighted by molar-refractivity contribution is -0.284. The molecule has 2 unspecified atom stereocenters. The van der Waals surface area contributed by atoms with Crippen LogP contribution in [0.4, 0.5) is 22.0 Å². The number of ether oxygens (including phenoxy) is 1. The maximum absolute atomic E-state index is 13.1. The van der Waals surface area contributed by atoms with Crippen LogP contribution in [0, 0.1) is 23.2 Å². The minimum Gasteiger partial charge on any atom is -0.616 e. The Morgan fingerprint density at radius 3 is 2.33 bits per heavy atom. The van der Waals surface area contributed by atoms with Gasteiger partial charge in [0.25, 0.3) is 0 Å². The van der Waals surface area contributed by atoms with E-state index < -0.39 is 36.1 Å². The largest absolute Gasteiger partial charge is 0.616 e. The number of rotatable bonds is 17. The summed E-state index contributed by atoms with van der Waals surface area (Å²) in [5.74, 6) is -1.90. The number of fused-ring (bicyclic) bond motifs is 5. The molecule has 0 radical (unpaired) electrons. The number of piperazine rings is 1. The van der Waals surface area contributed by atoms with Crippen LogP contribution in [0.3, 0.4) is 0 Å². The number of hydrogen-bond acceptors (Lipinski definition) is 6. The maximum atomic E-state index is 13.1. The van der Waals surface area contributed by atoms with E-state index in [0.717, 1.165) is 96.8 Å². The van der Waals surface area contributed by atoms with Crippen molar-refractivity contribution in [3.8, 4) is 5.75 Å². The van der Waals surface area contributed by atoms with E-state index in [2.05, 4.69) is 35.9 Å². The summed E-state index contributed by atoms with van der Waals surface area (Å²) in [6, 6.07) is 6.24. The number of Topliss-reactive ketones (excluding diaryl/α,β-unsaturated/α-hetero) is 1. The smallest absolute Gasteiger partial charge is 0.453 e. The summed E-state index contributed by atoms with van der Waals surface area (Å²) in [7, 11) is 2.09. The molecule has 3 aliphatic carbocycles. The minimum absolute atomic E-state index is 0.128. The second-order valence-electron chi connectivity index (χ2n) is 16.0. The van der Waals surface area contributed by atoms with Gasteiger partial charge in [-0.05, 0) is 105 Å². The van der Waals surface area contributed by atoms with Crippen LogP contribution in [0.5, 0.6) is 5.75 Å². The third-order valence-corrected chi connectivity index (χ3v) is 14.0. The van der Waals surface area contributed by atoms with E-state index in [4.69, 9.17) is 4.74 Å². The molecule has 6 atom stereocenters. The van der Waals surface area contributed by atoms with Crippen molar-refractivity contribution in [2.75, 3.05) is 51.3 Å². The number of esters is 1. The molecule has 1 heterocycles. The topological polar surface area (TPSA) is 72.9 Å². The van der Waals surface area contributed by atoms with Crippen LogP contribution in [0.2, 0.25) is 0 Å². The normalized spacial score (nSPS) is 27.9. The number of nitrogens with zero attached hydrogens (tertiary/aromatic N) is 2. The Morgan fingerprint density at radius 1 is 0.961 bits per heavy atom. The van der Waals surface area contributed by atoms with Gasteiger partial charge in [0.15, 0.2) is 0 Å². The second-order valence-corrected chi connectivity index (χ2v) is 17.7. The first-order chi connectivity index (χ1) is 24.2. The molecule has 1 aromatic carbocycles. The number of alkyl halides is 5. The van der Waals surface area contributed by atoms with Gasteiger partial charge in [0, 0.05) is 44.4 Å². The Hall–Kier alpha value is -1.76. The molecule has 51 heavy (non-hydrogen) atoms. The number of halogens is 5. The number of likely N-dealkylation sites (N-methyl/N-ethyl adjacent to an activating group) is 1. The average molecular weight is 745 g/mol. The molecule has 4 aliphatic rings. The highest BCUT2D eigenvalue weighted by molar-refractivity contribution is 7.91. The number of unbranched alkanes of at least 4 members (excludes halogenated alkanes) is 6. The number of benzene rings is 1. The minimum atomic E-state index is -5.56. The molecule has 0 aromatic heterocycles. The summed E-state index contributed by atoms with van der Waals surface area (Å²) in [6.45, 7) is 6.11. The van der Waals surface area contributed by atoms with Gasteiger partial charge in [-0.2, -0.15) is 22.0 Å². The number of hydrogen-bond donors (Lipinski definition) is 0. The van der Waals surface area contributed by atoms with Gasteiger partial charge in [0.1, 0.15) is 23.0 Å². The number of carbonyl (C=O) groups excluding carboxylic acids is 2. The summed E-state index contributed by atoms with van der Waals surface area (Å²) >= 11 is -1.38. The molecule has 1 aromatic rings. The van der Waals surface area contributed by atoms with Crippen LogP contribution in [0.1, 0.15) is 114 Å². The predicted molar refractivity (Wildman–Crippen MR) is 190 cm³/mol. The standard InChI is InChI=1S/C39H57F5N2O4S/c1-37-18-16-32-31-13-12-30(50-35(48)27-46-21-19-45(2)20-22-46)26-29(31)25-28(36(32)33(37)14-15-34(37)47)11-8-6-4-3-5-7-9-23-51(49)24-10-17-38(40,41)39(42,43)44/h12-13,26,28,32-33,36H,3-11,14-25,27H2,1-2H3/t28-,32-,33+,36?,37+,51?/m1/s1. The van der Waals surface area contributed by atoms with Gasteiger partial charge in [-0.3, -0.25) is 14.5 Å². The fourth-order valence-corrected chi connectivity index (χ4v) is 10.7. The van der Waals surface area contributed by atoms with Crippen LogP contribution in [-0.4, -0.2) is 89.5 Å². The molecule has 0 amide bonds. The third kappa shape index (κ3) is 10.3. The highest BCUT2D eigenvalue weighted by Gasteiger charge is 2.57. The third-order valence-electron chi connectivity index (χ3n) is 12.5. The van der Waals surface area contributed by atoms with Gasteiger partial charge < -0.3 is 14.2 Å². The van der Waals surface area contributed by atoms with Crippen molar-refractivity contribution in [2.24, 2.45) is 23.2 Å². The van der Waals surface area contributed by atoms with E-state index in [1.807, 2.05) is 6.07 Å². The summed E-state index contributed by atoms with van der Waals surface area (Å²) in [5.41, 5.74) is 2.44. The molecule has 0 spiro atoms. The summed E-state index contributed by atoms with van der Waals surface area (Å²) in [5, 5.41) is 0. The Bertz CT molecular complexity index is 1320. The lowest BCUT2D eigenvalue weighted by Gasteiger charge is -2.51. The van der Waals surface area contributed by atoms with E-state index in [1.54, 1.807) is 0 Å². The van der Waals surface area contributed by atoms with Gasteiger partial charge in [0.05, 0.1) is 6.54 Å². The maximum Gasteiger partial charge on any atom is 0.453 e. The highest BCUT2D eigenvalue weighted by atomic mass is 32.2. The molecule has 2 saturated carbocycles. The molecule has 0 N–H and O–H groups in total. The highest BCUT2D eigenvalue weighted by Crippen LogP contribution is 2.61. The summed E-state index contributed by atoms with van der Waals surface area (Å²) in [4.78, 5) is 30.3. The first-order valence-electron chi connectivity index (χ1n) is 19.2. The van der Waals surface area contributed by atoms with Crippen molar-refractivity contribution in [2.45, 2.75) is 121 Å². The summed E-state index contributed by atoms with van der Waals surface area (Å²) < 4.78 is 81.0. The van der Waals surface area contributed by atoms with Crippen LogP contribution in [-0.2, 0) is 27.2 Å². The lowest BCUT2D eigenvalue weighted by Crippen LogP contribution is -2.46. The Balaban J connectivity index is 1.07. The molecular weight excluding hydrogens is 687 g/mol. The Morgan fingerprint density at radius 2 is 1.63 bits per heavy atom. The fourth-order valence-electron chi connectivity index (χ4n) is 9.49. The molecule has 1 saturated heterocycles. The van der Waals surface area contributed by atoms with Crippen molar-refractivity contribution < 1.29 is 40.8 Å². The van der Waals surface area contributed by atoms with E-state index in [-0.39, 0.29) is 17.1 Å². The van der Waals surface area contributed by atoms with Gasteiger partial charge in [0.2, 0.25) is 0 Å². The van der Waals surface area contributed by atoms with Crippen LogP contribution in [0.15, 0.2) is 18.2 Å². The zero-order valence-electron chi connectivity index (χ0n) is 30.4. The molecule has 6 nitrogen and oxygen atoms in total. The molecule has 3 fully saturated rings. The first-order valence-corrected chi connectivity index (χ1v) is 20.7. The van der Waals surface area contributed by atoms with E-state index in [0.29, 0.717) is 60.3 Å². The van der Waals surface area contributed by atoms with Gasteiger partial charge in [-0.15, -0.1) is 0 Å². The SMILES string of the molecule is CN1CCN(CC(=O)Oc2ccc3c(c2)C[C@@H](CCCCCCCCC[S+]([O-])CCCC(F)(F)C(F)(F)F)C2[C@@H]3CC[C@]3(C)C(=O)CC[C@@H]23)CC1. The van der Waals surface area contributed by atoms with Crippen molar-refractivity contribution >= 4 is 22.9 Å². The first kappa shape index (κ1) is 40.4. The molecule has 5 rings (SSSR count). The lowest BCUT2D eigenvalue weighted by atomic mass is 9.52. The molecule has 12 heteroatoms. The Labute approximate surface area is 303 Å². The van der Waals surface area contributed by atoms with E-state index in [1.165, 1.54) is 11.1 Å². The Kier molecular flexibility index (Phi) is 13.9.